The lowest BCUT2D eigenvalue weighted by molar-refractivity contribution is -0.214. The lowest BCUT2D eigenvalue weighted by Crippen LogP contribution is -2.49. The van der Waals surface area contributed by atoms with Crippen LogP contribution in [0.4, 0.5) is 0 Å². The lowest BCUT2D eigenvalue weighted by atomic mass is 10.2. The number of nitrogens with one attached hydrogen (secondary N) is 1. The fourth-order valence-electron chi connectivity index (χ4n) is 1.43. The van der Waals surface area contributed by atoms with Crippen molar-refractivity contribution in [2.24, 2.45) is 0 Å². The van der Waals surface area contributed by atoms with E-state index in [9.17, 15) is 4.79 Å². The van der Waals surface area contributed by atoms with Crippen molar-refractivity contribution < 1.29 is 19.8 Å². The first-order chi connectivity index (χ1) is 9.17. The molecule has 0 spiro atoms. The number of benzene rings is 1. The van der Waals surface area contributed by atoms with Crippen molar-refractivity contribution in [2.45, 2.75) is 25.9 Å². The number of aliphatic hydroxyl groups excluding tert-OH is 1. The van der Waals surface area contributed by atoms with E-state index in [1.165, 1.54) is 5.17 Å². The van der Waals surface area contributed by atoms with E-state index in [1.54, 1.807) is 0 Å². The molecule has 0 aromatic heterocycles. The van der Waals surface area contributed by atoms with Gasteiger partial charge < -0.3 is 10.2 Å². The third-order valence-corrected chi connectivity index (χ3v) is 2.40. The van der Waals surface area contributed by atoms with Gasteiger partial charge >= 0.3 is 5.97 Å². The van der Waals surface area contributed by atoms with Gasteiger partial charge in [-0.2, -0.15) is 0 Å². The predicted molar refractivity (Wildman–Crippen MR) is 69.9 cm³/mol. The molecule has 1 aromatic rings. The van der Waals surface area contributed by atoms with Crippen molar-refractivity contribution in [3.63, 3.8) is 0 Å². The Morgan fingerprint density at radius 2 is 2.11 bits per heavy atom. The second-order valence-electron chi connectivity index (χ2n) is 4.06. The summed E-state index contributed by atoms with van der Waals surface area (Å²) in [5.74, 6) is -1.12. The van der Waals surface area contributed by atoms with Gasteiger partial charge in [-0.15, -0.1) is 5.17 Å². The molecule has 0 aliphatic carbocycles. The van der Waals surface area contributed by atoms with Crippen LogP contribution < -0.4 is 5.43 Å². The maximum atomic E-state index is 10.9. The lowest BCUT2D eigenvalue weighted by Gasteiger charge is -2.25. The SMILES string of the molecule is CCCON(Cc1ccccc1)NC(CO)C(=O)O. The van der Waals surface area contributed by atoms with E-state index in [-0.39, 0.29) is 0 Å². The minimum absolute atomic E-state index is 0.393. The van der Waals surface area contributed by atoms with E-state index in [4.69, 9.17) is 15.1 Å². The monoisotopic (exact) mass is 268 g/mol. The second kappa shape index (κ2) is 8.60. The predicted octanol–water partition coefficient (Wildman–Crippen LogP) is 0.780. The molecule has 6 nitrogen and oxygen atoms in total. The Morgan fingerprint density at radius 1 is 1.42 bits per heavy atom. The minimum atomic E-state index is -1.12. The van der Waals surface area contributed by atoms with E-state index < -0.39 is 18.6 Å². The highest BCUT2D eigenvalue weighted by atomic mass is 16.7. The number of carboxylic acid groups (broad SMARTS) is 1. The Balaban J connectivity index is 2.63. The first kappa shape index (κ1) is 15.6. The fraction of sp³-hybridized carbons (Fsp3) is 0.462. The van der Waals surface area contributed by atoms with Gasteiger partial charge in [-0.3, -0.25) is 9.63 Å². The molecule has 0 aliphatic rings. The second-order valence-corrected chi connectivity index (χ2v) is 4.06. The van der Waals surface area contributed by atoms with Gasteiger partial charge in [0.05, 0.1) is 19.8 Å². The number of carbonyl (C=O) groups is 1. The van der Waals surface area contributed by atoms with Gasteiger partial charge in [-0.05, 0) is 12.0 Å². The van der Waals surface area contributed by atoms with Crippen LogP contribution in [0.3, 0.4) is 0 Å². The molecule has 0 heterocycles. The minimum Gasteiger partial charge on any atom is -0.480 e. The number of hydrogen-bond acceptors (Lipinski definition) is 5. The first-order valence-electron chi connectivity index (χ1n) is 6.21. The Labute approximate surface area is 112 Å². The Morgan fingerprint density at radius 3 is 2.63 bits per heavy atom. The van der Waals surface area contributed by atoms with E-state index in [0.717, 1.165) is 12.0 Å². The van der Waals surface area contributed by atoms with Gasteiger partial charge in [-0.25, -0.2) is 5.43 Å². The van der Waals surface area contributed by atoms with Crippen LogP contribution in [0.25, 0.3) is 0 Å². The molecule has 1 unspecified atom stereocenters. The van der Waals surface area contributed by atoms with Crippen molar-refractivity contribution in [3.8, 4) is 0 Å². The molecule has 1 rings (SSSR count). The largest absolute Gasteiger partial charge is 0.480 e. The van der Waals surface area contributed by atoms with Crippen molar-refractivity contribution >= 4 is 5.97 Å². The number of aliphatic hydroxyl groups is 1. The smallest absolute Gasteiger partial charge is 0.324 e. The Bertz CT molecular complexity index is 372. The molecule has 1 atom stereocenters. The van der Waals surface area contributed by atoms with Crippen molar-refractivity contribution in [2.75, 3.05) is 13.2 Å². The van der Waals surface area contributed by atoms with Crippen LogP contribution in [0.1, 0.15) is 18.9 Å². The summed E-state index contributed by atoms with van der Waals surface area (Å²) < 4.78 is 0. The van der Waals surface area contributed by atoms with Crippen molar-refractivity contribution in [3.05, 3.63) is 35.9 Å². The van der Waals surface area contributed by atoms with Gasteiger partial charge in [0.2, 0.25) is 0 Å². The standard InChI is InChI=1S/C13H20N2O4/c1-2-8-19-15(14-12(10-16)13(17)18)9-11-6-4-3-5-7-11/h3-7,12,14,16H,2,8-10H2,1H3,(H,17,18). The molecule has 6 heteroatoms. The molecule has 0 fully saturated rings. The van der Waals surface area contributed by atoms with Gasteiger partial charge in [-0.1, -0.05) is 37.3 Å². The number of carboxylic acids is 1. The molecule has 0 amide bonds. The third-order valence-electron chi connectivity index (χ3n) is 2.40. The average Bonchev–Trinajstić information content (AvgIpc) is 2.42. The third kappa shape index (κ3) is 5.80. The Hall–Kier alpha value is -1.47. The van der Waals surface area contributed by atoms with Gasteiger partial charge in [0.25, 0.3) is 0 Å². The van der Waals surface area contributed by atoms with Gasteiger partial charge in [0.15, 0.2) is 0 Å². The van der Waals surface area contributed by atoms with E-state index in [0.29, 0.717) is 13.2 Å². The molecule has 19 heavy (non-hydrogen) atoms. The van der Waals surface area contributed by atoms with Crippen LogP contribution in [0.15, 0.2) is 30.3 Å². The highest BCUT2D eigenvalue weighted by molar-refractivity contribution is 5.73. The molecular formula is C13H20N2O4. The van der Waals surface area contributed by atoms with Crippen molar-refractivity contribution in [1.29, 1.82) is 0 Å². The summed E-state index contributed by atoms with van der Waals surface area (Å²) in [6, 6.07) is 8.45. The van der Waals surface area contributed by atoms with Crippen molar-refractivity contribution in [1.82, 2.24) is 10.6 Å². The van der Waals surface area contributed by atoms with Crippen LogP contribution in [0, 0.1) is 0 Å². The summed E-state index contributed by atoms with van der Waals surface area (Å²) in [6.45, 7) is 2.32. The molecule has 0 bridgehead atoms. The molecular weight excluding hydrogens is 248 g/mol. The molecule has 0 saturated carbocycles. The maximum absolute atomic E-state index is 10.9. The number of hydroxylamine groups is 1. The van der Waals surface area contributed by atoms with E-state index in [2.05, 4.69) is 5.43 Å². The Kier molecular flexibility index (Phi) is 7.06. The number of nitrogens with zero attached hydrogens (tertiary/aromatic N) is 1. The topological polar surface area (TPSA) is 82.0 Å². The normalized spacial score (nSPS) is 12.6. The van der Waals surface area contributed by atoms with Gasteiger partial charge in [0, 0.05) is 0 Å². The van der Waals surface area contributed by atoms with E-state index >= 15 is 0 Å². The fourth-order valence-corrected chi connectivity index (χ4v) is 1.43. The van der Waals surface area contributed by atoms with Crippen LogP contribution in [-0.4, -0.2) is 40.6 Å². The van der Waals surface area contributed by atoms with Crippen LogP contribution in [0.2, 0.25) is 0 Å². The molecule has 1 aromatic carbocycles. The first-order valence-corrected chi connectivity index (χ1v) is 6.21. The molecule has 3 N–H and O–H groups in total. The summed E-state index contributed by atoms with van der Waals surface area (Å²) in [5, 5.41) is 19.3. The van der Waals surface area contributed by atoms with E-state index in [1.807, 2.05) is 37.3 Å². The summed E-state index contributed by atoms with van der Waals surface area (Å²) in [5.41, 5.74) is 3.63. The number of hydrazine groups is 1. The average molecular weight is 268 g/mol. The number of rotatable bonds is 9. The highest BCUT2D eigenvalue weighted by Crippen LogP contribution is 2.04. The number of hydrogen-bond donors (Lipinski definition) is 3. The number of aliphatic carboxylic acids is 1. The molecule has 106 valence electrons. The summed E-state index contributed by atoms with van der Waals surface area (Å²) >= 11 is 0. The quantitative estimate of drug-likeness (QED) is 0.574. The zero-order valence-electron chi connectivity index (χ0n) is 11.0. The summed E-state index contributed by atoms with van der Waals surface area (Å²) in [4.78, 5) is 16.3. The maximum Gasteiger partial charge on any atom is 0.324 e. The highest BCUT2D eigenvalue weighted by Gasteiger charge is 2.19. The van der Waals surface area contributed by atoms with Crippen LogP contribution in [0.5, 0.6) is 0 Å². The zero-order chi connectivity index (χ0) is 14.1. The molecule has 0 radical (unpaired) electrons. The summed E-state index contributed by atoms with van der Waals surface area (Å²) in [6.07, 6.45) is 0.809. The zero-order valence-corrected chi connectivity index (χ0v) is 11.0. The molecule has 0 saturated heterocycles. The summed E-state index contributed by atoms with van der Waals surface area (Å²) in [7, 11) is 0. The van der Waals surface area contributed by atoms with Gasteiger partial charge in [0.1, 0.15) is 6.04 Å². The molecule has 0 aliphatic heterocycles. The van der Waals surface area contributed by atoms with Crippen LogP contribution >= 0.6 is 0 Å². The van der Waals surface area contributed by atoms with Crippen LogP contribution in [-0.2, 0) is 16.2 Å².